The first-order valence-electron chi connectivity index (χ1n) is 11.5. The molecule has 5 N–H and O–H groups in total. The van der Waals surface area contributed by atoms with Gasteiger partial charge in [-0.2, -0.15) is 0 Å². The molecule has 182 valence electrons. The Labute approximate surface area is 195 Å². The number of phenolic OH excluding ortho intramolecular Hbond substituents is 1. The summed E-state index contributed by atoms with van der Waals surface area (Å²) in [5.74, 6) is -2.36. The van der Waals surface area contributed by atoms with E-state index in [0.29, 0.717) is 6.42 Å². The van der Waals surface area contributed by atoms with Crippen molar-refractivity contribution in [3.8, 4) is 5.75 Å². The summed E-state index contributed by atoms with van der Waals surface area (Å²) in [5, 5.41) is 20.6. The number of rotatable bonds is 5. The lowest BCUT2D eigenvalue weighted by atomic mass is 9.94. The van der Waals surface area contributed by atoms with Crippen molar-refractivity contribution >= 4 is 23.6 Å². The van der Waals surface area contributed by atoms with Crippen LogP contribution >= 0.6 is 0 Å². The summed E-state index contributed by atoms with van der Waals surface area (Å²) < 4.78 is 0. The van der Waals surface area contributed by atoms with Gasteiger partial charge in [-0.1, -0.05) is 46.2 Å². The van der Waals surface area contributed by atoms with Crippen LogP contribution in [0, 0.1) is 11.8 Å². The minimum absolute atomic E-state index is 0.0982. The van der Waals surface area contributed by atoms with Crippen molar-refractivity contribution in [1.82, 2.24) is 21.3 Å². The zero-order valence-electron chi connectivity index (χ0n) is 20.0. The number of aromatic hydroxyl groups is 1. The first-order chi connectivity index (χ1) is 15.5. The number of amides is 4. The molecule has 9 nitrogen and oxygen atoms in total. The number of hydrogen-bond acceptors (Lipinski definition) is 5. The molecule has 9 heteroatoms. The Hall–Kier alpha value is -3.10. The van der Waals surface area contributed by atoms with Crippen molar-refractivity contribution < 1.29 is 24.3 Å². The topological polar surface area (TPSA) is 137 Å². The quantitative estimate of drug-likeness (QED) is 0.447. The molecule has 5 atom stereocenters. The van der Waals surface area contributed by atoms with E-state index in [0.717, 1.165) is 12.0 Å². The van der Waals surface area contributed by atoms with Crippen LogP contribution in [0.3, 0.4) is 0 Å². The molecule has 1 saturated heterocycles. The van der Waals surface area contributed by atoms with Crippen LogP contribution in [0.5, 0.6) is 5.75 Å². The monoisotopic (exact) mass is 460 g/mol. The molecule has 2 rings (SSSR count). The Morgan fingerprint density at radius 3 is 2.06 bits per heavy atom. The fraction of sp³-hybridized carbons (Fsp3) is 0.583. The highest BCUT2D eigenvalue weighted by Gasteiger charge is 2.34. The van der Waals surface area contributed by atoms with E-state index in [1.807, 2.05) is 20.8 Å². The molecule has 1 aliphatic rings. The molecule has 0 radical (unpaired) electrons. The maximum atomic E-state index is 13.2. The van der Waals surface area contributed by atoms with Crippen molar-refractivity contribution in [2.24, 2.45) is 11.8 Å². The Balaban J connectivity index is 2.39. The van der Waals surface area contributed by atoms with E-state index >= 15 is 0 Å². The lowest BCUT2D eigenvalue weighted by Gasteiger charge is -2.28. The smallest absolute Gasteiger partial charge is 0.243 e. The van der Waals surface area contributed by atoms with Gasteiger partial charge in [0, 0.05) is 12.5 Å². The zero-order chi connectivity index (χ0) is 24.7. The van der Waals surface area contributed by atoms with Crippen LogP contribution in [-0.2, 0) is 25.6 Å². The number of phenols is 1. The number of carbonyl (C=O) groups excluding carboxylic acids is 4. The summed E-state index contributed by atoms with van der Waals surface area (Å²) in [4.78, 5) is 51.9. The van der Waals surface area contributed by atoms with Gasteiger partial charge in [0.1, 0.15) is 23.9 Å². The molecule has 0 aliphatic carbocycles. The van der Waals surface area contributed by atoms with Crippen molar-refractivity contribution in [3.63, 3.8) is 0 Å². The molecule has 1 aromatic rings. The summed E-state index contributed by atoms with van der Waals surface area (Å²) in [6, 6.07) is 3.28. The third-order valence-corrected chi connectivity index (χ3v) is 5.95. The predicted octanol–water partition coefficient (Wildman–Crippen LogP) is 1.000. The Bertz CT molecular complexity index is 855. The molecule has 1 heterocycles. The maximum Gasteiger partial charge on any atom is 0.243 e. The second-order valence-electron chi connectivity index (χ2n) is 9.08. The van der Waals surface area contributed by atoms with Gasteiger partial charge in [-0.25, -0.2) is 0 Å². The van der Waals surface area contributed by atoms with Gasteiger partial charge in [-0.05, 0) is 37.0 Å². The average molecular weight is 461 g/mol. The minimum atomic E-state index is -0.919. The highest BCUT2D eigenvalue weighted by Crippen LogP contribution is 2.15. The van der Waals surface area contributed by atoms with Crippen LogP contribution in [0.15, 0.2) is 24.3 Å². The van der Waals surface area contributed by atoms with E-state index in [9.17, 15) is 24.3 Å². The van der Waals surface area contributed by atoms with Gasteiger partial charge in [0.05, 0.1) is 5.92 Å². The molecule has 0 spiro atoms. The van der Waals surface area contributed by atoms with Crippen LogP contribution in [0.2, 0.25) is 0 Å². The van der Waals surface area contributed by atoms with Crippen molar-refractivity contribution in [3.05, 3.63) is 29.8 Å². The minimum Gasteiger partial charge on any atom is -0.508 e. The second-order valence-corrected chi connectivity index (χ2v) is 9.08. The lowest BCUT2D eigenvalue weighted by molar-refractivity contribution is -0.134. The zero-order valence-corrected chi connectivity index (χ0v) is 20.0. The van der Waals surface area contributed by atoms with E-state index in [2.05, 4.69) is 21.3 Å². The molecule has 1 aliphatic heterocycles. The van der Waals surface area contributed by atoms with Crippen LogP contribution in [0.1, 0.15) is 53.0 Å². The Kier molecular flexibility index (Phi) is 9.25. The van der Waals surface area contributed by atoms with Gasteiger partial charge in [0.2, 0.25) is 23.6 Å². The van der Waals surface area contributed by atoms with Gasteiger partial charge < -0.3 is 26.4 Å². The summed E-state index contributed by atoms with van der Waals surface area (Å²) >= 11 is 0. The standard InChI is InChI=1S/C24H36N4O5/c1-6-7-18-14(4)21(30)28-20(13(2)3)24(33)25-15(5)22(31)27-19(23(32)26-18)12-16-8-10-17(29)11-9-16/h8-11,13-15,18-20,29H,6-7,12H2,1-5H3,(H,25,33)(H,26,32)(H,27,31)(H,28,30)/t14-,15+,18?,19?,20+/m0/s1. The van der Waals surface area contributed by atoms with Crippen LogP contribution in [0.4, 0.5) is 0 Å². The predicted molar refractivity (Wildman–Crippen MR) is 124 cm³/mol. The summed E-state index contributed by atoms with van der Waals surface area (Å²) in [6.07, 6.45) is 1.49. The molecular formula is C24H36N4O5. The number of nitrogens with one attached hydrogen (secondary N) is 4. The fourth-order valence-corrected chi connectivity index (χ4v) is 3.79. The molecule has 1 aromatic carbocycles. The number of carbonyl (C=O) groups is 4. The van der Waals surface area contributed by atoms with Crippen LogP contribution in [0.25, 0.3) is 0 Å². The SMILES string of the molecule is CCCC1NC(=O)C(Cc2ccc(O)cc2)NC(=O)[C@@H](C)NC(=O)[C@@H](C(C)C)NC(=O)[C@H]1C. The van der Waals surface area contributed by atoms with Gasteiger partial charge in [-0.15, -0.1) is 0 Å². The highest BCUT2D eigenvalue weighted by atomic mass is 16.3. The van der Waals surface area contributed by atoms with E-state index < -0.39 is 47.8 Å². The van der Waals surface area contributed by atoms with Crippen molar-refractivity contribution in [2.45, 2.75) is 78.0 Å². The van der Waals surface area contributed by atoms with Gasteiger partial charge >= 0.3 is 0 Å². The lowest BCUT2D eigenvalue weighted by Crippen LogP contribution is -2.56. The van der Waals surface area contributed by atoms with Gasteiger partial charge in [-0.3, -0.25) is 19.2 Å². The molecule has 0 saturated carbocycles. The Morgan fingerprint density at radius 2 is 1.48 bits per heavy atom. The number of benzene rings is 1. The van der Waals surface area contributed by atoms with Crippen molar-refractivity contribution in [1.29, 1.82) is 0 Å². The van der Waals surface area contributed by atoms with Gasteiger partial charge in [0.15, 0.2) is 0 Å². The summed E-state index contributed by atoms with van der Waals surface area (Å²) in [6.45, 7) is 8.85. The average Bonchev–Trinajstić information content (AvgIpc) is 2.76. The summed E-state index contributed by atoms with van der Waals surface area (Å²) in [7, 11) is 0. The molecule has 2 unspecified atom stereocenters. The molecule has 1 fully saturated rings. The molecule has 33 heavy (non-hydrogen) atoms. The maximum absolute atomic E-state index is 13.2. The number of hydrogen-bond donors (Lipinski definition) is 5. The highest BCUT2D eigenvalue weighted by molar-refractivity contribution is 5.95. The third kappa shape index (κ3) is 7.20. The summed E-state index contributed by atoms with van der Waals surface area (Å²) in [5.41, 5.74) is 0.743. The van der Waals surface area contributed by atoms with E-state index in [1.54, 1.807) is 19.1 Å². The largest absolute Gasteiger partial charge is 0.508 e. The first kappa shape index (κ1) is 26.2. The molecule has 0 aromatic heterocycles. The second kappa shape index (κ2) is 11.7. The molecule has 0 bridgehead atoms. The fourth-order valence-electron chi connectivity index (χ4n) is 3.79. The van der Waals surface area contributed by atoms with Crippen LogP contribution in [-0.4, -0.2) is 52.9 Å². The molecular weight excluding hydrogens is 424 g/mol. The normalized spacial score (nSPS) is 27.4. The molecule has 4 amide bonds. The third-order valence-electron chi connectivity index (χ3n) is 5.95. The first-order valence-corrected chi connectivity index (χ1v) is 11.5. The van der Waals surface area contributed by atoms with E-state index in [-0.39, 0.29) is 24.0 Å². The van der Waals surface area contributed by atoms with Crippen LogP contribution < -0.4 is 21.3 Å². The van der Waals surface area contributed by atoms with E-state index in [4.69, 9.17) is 0 Å². The van der Waals surface area contributed by atoms with Crippen molar-refractivity contribution in [2.75, 3.05) is 0 Å². The van der Waals surface area contributed by atoms with E-state index in [1.165, 1.54) is 19.1 Å². The van der Waals surface area contributed by atoms with Gasteiger partial charge in [0.25, 0.3) is 0 Å². The Morgan fingerprint density at radius 1 is 0.848 bits per heavy atom.